The van der Waals surface area contributed by atoms with Crippen LogP contribution < -0.4 is 10.1 Å². The summed E-state index contributed by atoms with van der Waals surface area (Å²) in [6.45, 7) is 2.37. The zero-order valence-corrected chi connectivity index (χ0v) is 14.8. The van der Waals surface area contributed by atoms with Crippen LogP contribution in [0.5, 0.6) is 5.75 Å². The molecule has 2 aromatic rings. The van der Waals surface area contributed by atoms with Crippen molar-refractivity contribution in [1.82, 2.24) is 5.32 Å². The van der Waals surface area contributed by atoms with Crippen LogP contribution in [0.2, 0.25) is 0 Å². The Bertz CT molecular complexity index is 756. The SMILES string of the molecule is CCOc1cc(-c2ccccc2)sc1C(=O)N[C@@H]1CC[C@H](C(=O)O)C1. The molecule has 0 radical (unpaired) electrons. The minimum atomic E-state index is -0.783. The Morgan fingerprint density at radius 1 is 1.28 bits per heavy atom. The summed E-state index contributed by atoms with van der Waals surface area (Å²) in [5.74, 6) is -0.752. The van der Waals surface area contributed by atoms with Gasteiger partial charge >= 0.3 is 5.97 Å². The predicted molar refractivity (Wildman–Crippen MR) is 97.2 cm³/mol. The number of hydrogen-bond donors (Lipinski definition) is 2. The molecule has 1 aromatic carbocycles. The Balaban J connectivity index is 1.77. The van der Waals surface area contributed by atoms with Gasteiger partial charge in [0.1, 0.15) is 10.6 Å². The van der Waals surface area contributed by atoms with Gasteiger partial charge in [-0.25, -0.2) is 0 Å². The lowest BCUT2D eigenvalue weighted by Gasteiger charge is -2.12. The van der Waals surface area contributed by atoms with Gasteiger partial charge in [0.15, 0.2) is 0 Å². The number of nitrogens with one attached hydrogen (secondary N) is 1. The highest BCUT2D eigenvalue weighted by Crippen LogP contribution is 2.37. The fourth-order valence-corrected chi connectivity index (χ4v) is 4.14. The summed E-state index contributed by atoms with van der Waals surface area (Å²) < 4.78 is 5.64. The second kappa shape index (κ2) is 7.70. The Kier molecular flexibility index (Phi) is 5.38. The van der Waals surface area contributed by atoms with Crippen LogP contribution in [0, 0.1) is 5.92 Å². The molecule has 0 unspecified atom stereocenters. The molecular weight excluding hydrogens is 338 g/mol. The van der Waals surface area contributed by atoms with Gasteiger partial charge in [-0.3, -0.25) is 9.59 Å². The van der Waals surface area contributed by atoms with Gasteiger partial charge in [0.25, 0.3) is 5.91 Å². The van der Waals surface area contributed by atoms with E-state index in [4.69, 9.17) is 9.84 Å². The maximum absolute atomic E-state index is 12.7. The van der Waals surface area contributed by atoms with E-state index in [-0.39, 0.29) is 17.9 Å². The van der Waals surface area contributed by atoms with Gasteiger partial charge in [0.05, 0.1) is 12.5 Å². The Morgan fingerprint density at radius 3 is 2.68 bits per heavy atom. The Labute approximate surface area is 150 Å². The van der Waals surface area contributed by atoms with Crippen molar-refractivity contribution in [2.45, 2.75) is 32.2 Å². The summed E-state index contributed by atoms with van der Waals surface area (Å²) in [6.07, 6.45) is 1.80. The molecule has 1 aromatic heterocycles. The fraction of sp³-hybridized carbons (Fsp3) is 0.368. The number of thiophene rings is 1. The van der Waals surface area contributed by atoms with Gasteiger partial charge in [0.2, 0.25) is 0 Å². The molecular formula is C19H21NO4S. The number of carbonyl (C=O) groups excluding carboxylic acids is 1. The van der Waals surface area contributed by atoms with Crippen LogP contribution in [-0.4, -0.2) is 29.6 Å². The number of amides is 1. The van der Waals surface area contributed by atoms with E-state index in [9.17, 15) is 9.59 Å². The monoisotopic (exact) mass is 359 g/mol. The molecule has 1 aliphatic carbocycles. The van der Waals surface area contributed by atoms with Crippen LogP contribution in [0.15, 0.2) is 36.4 Å². The van der Waals surface area contributed by atoms with E-state index in [1.807, 2.05) is 43.3 Å². The zero-order chi connectivity index (χ0) is 17.8. The molecule has 0 saturated heterocycles. The molecule has 0 bridgehead atoms. The number of carboxylic acid groups (broad SMARTS) is 1. The van der Waals surface area contributed by atoms with Crippen molar-refractivity contribution in [3.05, 3.63) is 41.3 Å². The van der Waals surface area contributed by atoms with Crippen LogP contribution in [0.3, 0.4) is 0 Å². The molecule has 25 heavy (non-hydrogen) atoms. The lowest BCUT2D eigenvalue weighted by molar-refractivity contribution is -0.141. The lowest BCUT2D eigenvalue weighted by atomic mass is 10.1. The molecule has 1 aliphatic rings. The summed E-state index contributed by atoms with van der Waals surface area (Å²) in [6, 6.07) is 11.7. The quantitative estimate of drug-likeness (QED) is 0.823. The number of hydrogen-bond acceptors (Lipinski definition) is 4. The number of aliphatic carboxylic acids is 1. The third-order valence-corrected chi connectivity index (χ3v) is 5.54. The molecule has 2 N–H and O–H groups in total. The normalized spacial score (nSPS) is 19.6. The molecule has 1 heterocycles. The van der Waals surface area contributed by atoms with Crippen LogP contribution in [0.4, 0.5) is 0 Å². The fourth-order valence-electron chi connectivity index (χ4n) is 3.13. The average molecular weight is 359 g/mol. The highest BCUT2D eigenvalue weighted by molar-refractivity contribution is 7.17. The van der Waals surface area contributed by atoms with Crippen molar-refractivity contribution < 1.29 is 19.4 Å². The van der Waals surface area contributed by atoms with E-state index >= 15 is 0 Å². The van der Waals surface area contributed by atoms with Gasteiger partial charge in [-0.2, -0.15) is 0 Å². The van der Waals surface area contributed by atoms with Crippen LogP contribution >= 0.6 is 11.3 Å². The van der Waals surface area contributed by atoms with E-state index in [1.165, 1.54) is 11.3 Å². The molecule has 5 nitrogen and oxygen atoms in total. The Morgan fingerprint density at radius 2 is 2.04 bits per heavy atom. The maximum atomic E-state index is 12.7. The third kappa shape index (κ3) is 4.02. The second-order valence-corrected chi connectivity index (χ2v) is 7.17. The topological polar surface area (TPSA) is 75.6 Å². The van der Waals surface area contributed by atoms with Crippen molar-refractivity contribution >= 4 is 23.2 Å². The number of rotatable bonds is 6. The Hall–Kier alpha value is -2.34. The van der Waals surface area contributed by atoms with Gasteiger partial charge in [-0.1, -0.05) is 30.3 Å². The molecule has 6 heteroatoms. The lowest BCUT2D eigenvalue weighted by Crippen LogP contribution is -2.33. The first kappa shape index (κ1) is 17.5. The van der Waals surface area contributed by atoms with Crippen molar-refractivity contribution in [2.24, 2.45) is 5.92 Å². The highest BCUT2D eigenvalue weighted by atomic mass is 32.1. The van der Waals surface area contributed by atoms with Gasteiger partial charge in [-0.15, -0.1) is 11.3 Å². The molecule has 132 valence electrons. The summed E-state index contributed by atoms with van der Waals surface area (Å²) in [7, 11) is 0. The average Bonchev–Trinajstić information content (AvgIpc) is 3.23. The van der Waals surface area contributed by atoms with Crippen LogP contribution in [0.25, 0.3) is 10.4 Å². The summed E-state index contributed by atoms with van der Waals surface area (Å²) in [5.41, 5.74) is 1.04. The minimum Gasteiger partial charge on any atom is -0.492 e. The first-order chi connectivity index (χ1) is 12.1. The minimum absolute atomic E-state index is 0.0923. The number of carbonyl (C=O) groups is 2. The first-order valence-corrected chi connectivity index (χ1v) is 9.25. The molecule has 3 rings (SSSR count). The number of ether oxygens (including phenoxy) is 1. The maximum Gasteiger partial charge on any atom is 0.306 e. The van der Waals surface area contributed by atoms with Crippen molar-refractivity contribution in [1.29, 1.82) is 0 Å². The van der Waals surface area contributed by atoms with Crippen molar-refractivity contribution in [3.8, 4) is 16.2 Å². The molecule has 1 fully saturated rings. The standard InChI is InChI=1S/C19H21NO4S/c1-2-24-15-11-16(12-6-4-3-5-7-12)25-17(15)18(21)20-14-9-8-13(10-14)19(22)23/h3-7,11,13-14H,2,8-10H2,1H3,(H,20,21)(H,22,23)/t13-,14+/m0/s1. The smallest absolute Gasteiger partial charge is 0.306 e. The van der Waals surface area contributed by atoms with Gasteiger partial charge in [-0.05, 0) is 37.8 Å². The predicted octanol–water partition coefficient (Wildman–Crippen LogP) is 3.80. The zero-order valence-electron chi connectivity index (χ0n) is 14.0. The van der Waals surface area contributed by atoms with E-state index in [0.29, 0.717) is 36.5 Å². The van der Waals surface area contributed by atoms with Crippen LogP contribution in [0.1, 0.15) is 35.9 Å². The molecule has 1 saturated carbocycles. The van der Waals surface area contributed by atoms with Crippen molar-refractivity contribution in [2.75, 3.05) is 6.61 Å². The van der Waals surface area contributed by atoms with E-state index < -0.39 is 5.97 Å². The largest absolute Gasteiger partial charge is 0.492 e. The van der Waals surface area contributed by atoms with Gasteiger partial charge in [0, 0.05) is 10.9 Å². The van der Waals surface area contributed by atoms with Crippen LogP contribution in [-0.2, 0) is 4.79 Å². The summed E-state index contributed by atoms with van der Waals surface area (Å²) in [4.78, 5) is 25.3. The molecule has 0 aliphatic heterocycles. The summed E-state index contributed by atoms with van der Waals surface area (Å²) in [5, 5.41) is 12.1. The van der Waals surface area contributed by atoms with E-state index in [1.54, 1.807) is 0 Å². The molecule has 0 spiro atoms. The van der Waals surface area contributed by atoms with Crippen molar-refractivity contribution in [3.63, 3.8) is 0 Å². The van der Waals surface area contributed by atoms with E-state index in [2.05, 4.69) is 5.32 Å². The first-order valence-electron chi connectivity index (χ1n) is 8.44. The third-order valence-electron chi connectivity index (χ3n) is 4.38. The number of carboxylic acids is 1. The van der Waals surface area contributed by atoms with Gasteiger partial charge < -0.3 is 15.2 Å². The molecule has 2 atom stereocenters. The highest BCUT2D eigenvalue weighted by Gasteiger charge is 2.31. The summed E-state index contributed by atoms with van der Waals surface area (Å²) >= 11 is 1.40. The molecule has 1 amide bonds. The number of benzene rings is 1. The van der Waals surface area contributed by atoms with E-state index in [0.717, 1.165) is 10.4 Å². The second-order valence-electron chi connectivity index (χ2n) is 6.12.